The molecule has 0 aliphatic carbocycles. The average Bonchev–Trinajstić information content (AvgIpc) is 2.98. The number of nitrogens with one attached hydrogen (secondary N) is 1. The van der Waals surface area contributed by atoms with Crippen molar-refractivity contribution in [2.75, 3.05) is 6.54 Å². The van der Waals surface area contributed by atoms with Gasteiger partial charge in [0.2, 0.25) is 15.0 Å². The number of sulfonamides is 1. The van der Waals surface area contributed by atoms with E-state index in [2.05, 4.69) is 20.0 Å². The van der Waals surface area contributed by atoms with E-state index < -0.39 is 10.0 Å². The predicted octanol–water partition coefficient (Wildman–Crippen LogP) is 1.16. The average molecular weight is 337 g/mol. The Morgan fingerprint density at radius 3 is 3.00 bits per heavy atom. The Kier molecular flexibility index (Phi) is 4.19. The highest BCUT2D eigenvalue weighted by atomic mass is 32.2. The minimum atomic E-state index is -3.35. The second-order valence-electron chi connectivity index (χ2n) is 4.95. The molecule has 0 aliphatic heterocycles. The zero-order valence-electron chi connectivity index (χ0n) is 11.9. The summed E-state index contributed by atoms with van der Waals surface area (Å²) in [4.78, 5) is 0.706. The molecule has 22 heavy (non-hydrogen) atoms. The van der Waals surface area contributed by atoms with Gasteiger partial charge in [-0.25, -0.2) is 13.1 Å². The van der Waals surface area contributed by atoms with E-state index in [1.165, 1.54) is 17.7 Å². The van der Waals surface area contributed by atoms with Crippen molar-refractivity contribution >= 4 is 26.3 Å². The molecule has 0 radical (unpaired) electrons. The lowest BCUT2D eigenvalue weighted by Gasteiger charge is -2.06. The molecule has 1 N–H and O–H groups in total. The van der Waals surface area contributed by atoms with Crippen LogP contribution in [0.5, 0.6) is 0 Å². The van der Waals surface area contributed by atoms with Gasteiger partial charge in [-0.05, 0) is 12.5 Å². The maximum absolute atomic E-state index is 12.1. The summed E-state index contributed by atoms with van der Waals surface area (Å²) in [6.45, 7) is 2.26. The van der Waals surface area contributed by atoms with Crippen molar-refractivity contribution in [2.24, 2.45) is 0 Å². The number of nitrogens with zero attached hydrogens (tertiary/aromatic N) is 4. The summed E-state index contributed by atoms with van der Waals surface area (Å²) in [7, 11) is -3.35. The summed E-state index contributed by atoms with van der Waals surface area (Å²) >= 11 is 1.40. The number of hydrogen-bond donors (Lipinski definition) is 1. The number of hydrogen-bond acceptors (Lipinski definition) is 6. The Balaban J connectivity index is 1.56. The molecule has 0 amide bonds. The van der Waals surface area contributed by atoms with Gasteiger partial charge in [0.25, 0.3) is 0 Å². The molecule has 7 nitrogen and oxygen atoms in total. The Morgan fingerprint density at radius 2 is 2.23 bits per heavy atom. The summed E-state index contributed by atoms with van der Waals surface area (Å²) in [5, 5.41) is 12.7. The summed E-state index contributed by atoms with van der Waals surface area (Å²) in [6.07, 6.45) is 2.05. The molecule has 0 saturated carbocycles. The normalized spacial score (nSPS) is 12.0. The predicted molar refractivity (Wildman–Crippen MR) is 84.2 cm³/mol. The van der Waals surface area contributed by atoms with Crippen LogP contribution in [0.2, 0.25) is 0 Å². The molecule has 0 unspecified atom stereocenters. The van der Waals surface area contributed by atoms with Gasteiger partial charge in [0, 0.05) is 13.0 Å². The van der Waals surface area contributed by atoms with Crippen LogP contribution < -0.4 is 4.72 Å². The van der Waals surface area contributed by atoms with E-state index in [1.807, 2.05) is 31.2 Å². The SMILES string of the molecule is Cc1cccc(CS(=O)(=O)NCCc2nn3cnnc3s2)c1. The maximum atomic E-state index is 12.1. The zero-order valence-corrected chi connectivity index (χ0v) is 13.6. The number of aromatic nitrogens is 4. The standard InChI is InChI=1S/C13H15N5O2S2/c1-10-3-2-4-11(7-10)8-22(19,20)15-6-5-12-17-18-9-14-16-13(18)21-12/h2-4,7,9,15H,5-6,8H2,1H3. The van der Waals surface area contributed by atoms with Gasteiger partial charge in [-0.15, -0.1) is 10.2 Å². The highest BCUT2D eigenvalue weighted by Gasteiger charge is 2.12. The van der Waals surface area contributed by atoms with Gasteiger partial charge in [-0.2, -0.15) is 9.61 Å². The Morgan fingerprint density at radius 1 is 1.36 bits per heavy atom. The third-order valence-electron chi connectivity index (χ3n) is 3.03. The maximum Gasteiger partial charge on any atom is 0.234 e. The second kappa shape index (κ2) is 6.11. The lowest BCUT2D eigenvalue weighted by molar-refractivity contribution is 0.580. The van der Waals surface area contributed by atoms with Crippen molar-refractivity contribution in [3.05, 3.63) is 46.7 Å². The first-order valence-corrected chi connectivity index (χ1v) is 9.17. The van der Waals surface area contributed by atoms with Crippen molar-refractivity contribution in [1.29, 1.82) is 0 Å². The van der Waals surface area contributed by atoms with Crippen molar-refractivity contribution in [3.8, 4) is 0 Å². The molecule has 3 aromatic rings. The van der Waals surface area contributed by atoms with Gasteiger partial charge in [-0.1, -0.05) is 41.2 Å². The molecule has 0 fully saturated rings. The van der Waals surface area contributed by atoms with Crippen LogP contribution in [-0.2, 0) is 22.2 Å². The topological polar surface area (TPSA) is 89.2 Å². The van der Waals surface area contributed by atoms with E-state index in [0.717, 1.165) is 16.1 Å². The van der Waals surface area contributed by atoms with Crippen molar-refractivity contribution in [2.45, 2.75) is 19.1 Å². The summed E-state index contributed by atoms with van der Waals surface area (Å²) in [6, 6.07) is 7.49. The molecular formula is C13H15N5O2S2. The quantitative estimate of drug-likeness (QED) is 0.729. The fourth-order valence-electron chi connectivity index (χ4n) is 2.09. The Bertz CT molecular complexity index is 856. The fraction of sp³-hybridized carbons (Fsp3) is 0.308. The first-order chi connectivity index (χ1) is 10.5. The molecule has 9 heteroatoms. The third kappa shape index (κ3) is 3.67. The van der Waals surface area contributed by atoms with Crippen LogP contribution in [0.3, 0.4) is 0 Å². The lowest BCUT2D eigenvalue weighted by atomic mass is 10.2. The van der Waals surface area contributed by atoms with E-state index in [1.54, 1.807) is 4.52 Å². The molecule has 2 aromatic heterocycles. The summed E-state index contributed by atoms with van der Waals surface area (Å²) in [5.74, 6) is -0.0141. The largest absolute Gasteiger partial charge is 0.234 e. The minimum absolute atomic E-state index is 0.0141. The van der Waals surface area contributed by atoms with E-state index in [-0.39, 0.29) is 5.75 Å². The van der Waals surface area contributed by atoms with Gasteiger partial charge < -0.3 is 0 Å². The number of aryl methyl sites for hydroxylation is 1. The molecule has 0 bridgehead atoms. The first kappa shape index (κ1) is 15.1. The van der Waals surface area contributed by atoms with E-state index in [9.17, 15) is 8.42 Å². The molecule has 0 saturated heterocycles. The highest BCUT2D eigenvalue weighted by molar-refractivity contribution is 7.88. The van der Waals surface area contributed by atoms with Gasteiger partial charge in [0.05, 0.1) is 5.75 Å². The molecule has 116 valence electrons. The van der Waals surface area contributed by atoms with Crippen LogP contribution in [0.1, 0.15) is 16.1 Å². The molecule has 1 aromatic carbocycles. The molecule has 0 spiro atoms. The minimum Gasteiger partial charge on any atom is -0.215 e. The van der Waals surface area contributed by atoms with Crippen LogP contribution in [0, 0.1) is 6.92 Å². The number of rotatable bonds is 6. The smallest absolute Gasteiger partial charge is 0.215 e. The van der Waals surface area contributed by atoms with Crippen LogP contribution in [-0.4, -0.2) is 34.8 Å². The Hall–Kier alpha value is -1.84. The van der Waals surface area contributed by atoms with Crippen LogP contribution in [0.15, 0.2) is 30.6 Å². The lowest BCUT2D eigenvalue weighted by Crippen LogP contribution is -2.27. The number of benzene rings is 1. The van der Waals surface area contributed by atoms with Gasteiger partial charge in [-0.3, -0.25) is 0 Å². The van der Waals surface area contributed by atoms with Crippen molar-refractivity contribution < 1.29 is 8.42 Å². The number of fused-ring (bicyclic) bond motifs is 1. The van der Waals surface area contributed by atoms with E-state index >= 15 is 0 Å². The fourth-order valence-corrected chi connectivity index (χ4v) is 4.03. The van der Waals surface area contributed by atoms with Crippen molar-refractivity contribution in [3.63, 3.8) is 0 Å². The van der Waals surface area contributed by atoms with Crippen LogP contribution >= 0.6 is 11.3 Å². The molecule has 0 atom stereocenters. The molecular weight excluding hydrogens is 322 g/mol. The first-order valence-electron chi connectivity index (χ1n) is 6.70. The molecule has 2 heterocycles. The van der Waals surface area contributed by atoms with Crippen molar-refractivity contribution in [1.82, 2.24) is 24.5 Å². The molecule has 0 aliphatic rings. The van der Waals surface area contributed by atoms with Crippen LogP contribution in [0.4, 0.5) is 0 Å². The van der Waals surface area contributed by atoms with Gasteiger partial charge in [0.1, 0.15) is 11.3 Å². The Labute approximate surface area is 132 Å². The molecule has 3 rings (SSSR count). The van der Waals surface area contributed by atoms with Gasteiger partial charge >= 0.3 is 0 Å². The monoisotopic (exact) mass is 337 g/mol. The summed E-state index contributed by atoms with van der Waals surface area (Å²) in [5.41, 5.74) is 1.83. The summed E-state index contributed by atoms with van der Waals surface area (Å²) < 4.78 is 28.3. The van der Waals surface area contributed by atoms with Gasteiger partial charge in [0.15, 0.2) is 0 Å². The second-order valence-corrected chi connectivity index (χ2v) is 7.79. The highest BCUT2D eigenvalue weighted by Crippen LogP contribution is 2.12. The van der Waals surface area contributed by atoms with E-state index in [4.69, 9.17) is 0 Å². The van der Waals surface area contributed by atoms with Crippen LogP contribution in [0.25, 0.3) is 4.96 Å². The van der Waals surface area contributed by atoms with E-state index in [0.29, 0.717) is 17.9 Å². The third-order valence-corrected chi connectivity index (χ3v) is 5.36. The zero-order chi connectivity index (χ0) is 15.6.